The third-order valence-electron chi connectivity index (χ3n) is 4.37. The average Bonchev–Trinajstić information content (AvgIpc) is 2.72. The summed E-state index contributed by atoms with van der Waals surface area (Å²) in [7, 11) is 3.06. The van der Waals surface area contributed by atoms with E-state index in [1.165, 1.54) is 13.2 Å². The molecule has 0 saturated carbocycles. The maximum absolute atomic E-state index is 12.3. The second-order valence-corrected chi connectivity index (χ2v) is 6.40. The Balaban J connectivity index is 1.70. The normalized spacial score (nSPS) is 10.6. The Morgan fingerprint density at radius 1 is 1.03 bits per heavy atom. The van der Waals surface area contributed by atoms with E-state index < -0.39 is 5.63 Å². The first-order valence-corrected chi connectivity index (χ1v) is 9.25. The molecule has 29 heavy (non-hydrogen) atoms. The maximum Gasteiger partial charge on any atom is 0.336 e. The summed E-state index contributed by atoms with van der Waals surface area (Å²) < 4.78 is 21.3. The summed E-state index contributed by atoms with van der Waals surface area (Å²) >= 11 is 0. The van der Waals surface area contributed by atoms with Crippen LogP contribution in [0.25, 0.3) is 11.0 Å². The molecule has 2 aromatic carbocycles. The van der Waals surface area contributed by atoms with E-state index >= 15 is 0 Å². The van der Waals surface area contributed by atoms with Gasteiger partial charge in [0.2, 0.25) is 0 Å². The quantitative estimate of drug-likeness (QED) is 0.582. The molecule has 0 bridgehead atoms. The first-order valence-electron chi connectivity index (χ1n) is 9.25. The zero-order chi connectivity index (χ0) is 20.8. The van der Waals surface area contributed by atoms with Gasteiger partial charge in [0, 0.05) is 23.6 Å². The van der Waals surface area contributed by atoms with Gasteiger partial charge in [-0.25, -0.2) is 4.79 Å². The Morgan fingerprint density at radius 3 is 2.55 bits per heavy atom. The van der Waals surface area contributed by atoms with Gasteiger partial charge in [-0.2, -0.15) is 0 Å². The molecule has 0 unspecified atom stereocenters. The molecular weight excluding hydrogens is 374 g/mol. The minimum absolute atomic E-state index is 0.209. The van der Waals surface area contributed by atoms with Crippen molar-refractivity contribution in [2.24, 2.45) is 0 Å². The lowest BCUT2D eigenvalue weighted by molar-refractivity contribution is -0.118. The van der Waals surface area contributed by atoms with Gasteiger partial charge >= 0.3 is 5.63 Å². The van der Waals surface area contributed by atoms with Crippen molar-refractivity contribution >= 4 is 22.6 Å². The number of aryl methyl sites for hydroxylation is 1. The number of hydrogen-bond donors (Lipinski definition) is 1. The van der Waals surface area contributed by atoms with Crippen LogP contribution in [0.1, 0.15) is 18.9 Å². The van der Waals surface area contributed by atoms with Crippen molar-refractivity contribution in [2.45, 2.75) is 19.8 Å². The van der Waals surface area contributed by atoms with Crippen LogP contribution in [0.15, 0.2) is 51.7 Å². The molecule has 0 fully saturated rings. The Morgan fingerprint density at radius 2 is 1.83 bits per heavy atom. The van der Waals surface area contributed by atoms with Crippen molar-refractivity contribution in [3.63, 3.8) is 0 Å². The molecule has 0 spiro atoms. The van der Waals surface area contributed by atoms with E-state index in [9.17, 15) is 9.59 Å². The maximum atomic E-state index is 12.3. The summed E-state index contributed by atoms with van der Waals surface area (Å²) in [6.45, 7) is 1.84. The fraction of sp³-hybridized carbons (Fsp3) is 0.273. The summed E-state index contributed by atoms with van der Waals surface area (Å²) in [5.74, 6) is 1.19. The smallest absolute Gasteiger partial charge is 0.336 e. The molecule has 0 atom stereocenters. The largest absolute Gasteiger partial charge is 0.497 e. The van der Waals surface area contributed by atoms with Crippen molar-refractivity contribution in [3.05, 3.63) is 58.4 Å². The summed E-state index contributed by atoms with van der Waals surface area (Å²) in [4.78, 5) is 24.0. The van der Waals surface area contributed by atoms with E-state index in [1.54, 1.807) is 37.4 Å². The lowest BCUT2D eigenvalue weighted by Crippen LogP contribution is -2.20. The monoisotopic (exact) mass is 397 g/mol. The van der Waals surface area contributed by atoms with Gasteiger partial charge in [0.05, 0.1) is 19.9 Å². The zero-order valence-corrected chi connectivity index (χ0v) is 16.6. The first-order chi connectivity index (χ1) is 14.0. The second kappa shape index (κ2) is 9.14. The Kier molecular flexibility index (Phi) is 6.39. The van der Waals surface area contributed by atoms with Crippen LogP contribution in [0.3, 0.4) is 0 Å². The van der Waals surface area contributed by atoms with Crippen LogP contribution in [0.2, 0.25) is 0 Å². The van der Waals surface area contributed by atoms with Gasteiger partial charge in [-0.3, -0.25) is 4.79 Å². The van der Waals surface area contributed by atoms with Crippen LogP contribution >= 0.6 is 0 Å². The Bertz CT molecular complexity index is 1070. The fourth-order valence-electron chi connectivity index (χ4n) is 3.01. The summed E-state index contributed by atoms with van der Waals surface area (Å²) in [6, 6.07) is 11.8. The van der Waals surface area contributed by atoms with Crippen LogP contribution in [0.5, 0.6) is 17.2 Å². The van der Waals surface area contributed by atoms with Crippen molar-refractivity contribution < 1.29 is 23.4 Å². The van der Waals surface area contributed by atoms with Crippen molar-refractivity contribution in [3.8, 4) is 17.2 Å². The van der Waals surface area contributed by atoms with E-state index in [0.29, 0.717) is 28.5 Å². The number of benzene rings is 2. The highest BCUT2D eigenvalue weighted by Crippen LogP contribution is 2.29. The molecule has 152 valence electrons. The molecule has 7 nitrogen and oxygen atoms in total. The van der Waals surface area contributed by atoms with E-state index in [1.807, 2.05) is 13.0 Å². The summed E-state index contributed by atoms with van der Waals surface area (Å²) in [6.07, 6.45) is 1.71. The topological polar surface area (TPSA) is 87.0 Å². The third kappa shape index (κ3) is 4.87. The number of fused-ring (bicyclic) bond motifs is 1. The lowest BCUT2D eigenvalue weighted by Gasteiger charge is -2.12. The summed E-state index contributed by atoms with van der Waals surface area (Å²) in [5, 5.41) is 3.60. The van der Waals surface area contributed by atoms with Gasteiger partial charge in [-0.15, -0.1) is 0 Å². The fourth-order valence-corrected chi connectivity index (χ4v) is 3.01. The predicted octanol–water partition coefficient (Wildman–Crippen LogP) is 3.78. The molecule has 0 aliphatic carbocycles. The van der Waals surface area contributed by atoms with E-state index in [-0.39, 0.29) is 12.5 Å². The predicted molar refractivity (Wildman–Crippen MR) is 110 cm³/mol. The number of amides is 1. The molecule has 1 amide bonds. The van der Waals surface area contributed by atoms with E-state index in [2.05, 4.69) is 5.32 Å². The van der Waals surface area contributed by atoms with Crippen molar-refractivity contribution in [1.82, 2.24) is 0 Å². The van der Waals surface area contributed by atoms with Gasteiger partial charge < -0.3 is 23.9 Å². The molecule has 0 aliphatic heterocycles. The molecule has 1 aromatic heterocycles. The molecule has 7 heteroatoms. The number of methoxy groups -OCH3 is 2. The number of carbonyl (C=O) groups excluding carboxylic acids is 1. The highest BCUT2D eigenvalue weighted by molar-refractivity contribution is 5.93. The number of carbonyl (C=O) groups is 1. The number of nitrogens with one attached hydrogen (secondary N) is 1. The lowest BCUT2D eigenvalue weighted by atomic mass is 10.1. The average molecular weight is 397 g/mol. The number of hydrogen-bond acceptors (Lipinski definition) is 6. The van der Waals surface area contributed by atoms with E-state index in [4.69, 9.17) is 18.6 Å². The van der Waals surface area contributed by atoms with Gasteiger partial charge in [0.1, 0.15) is 22.8 Å². The first kappa shape index (κ1) is 20.3. The van der Waals surface area contributed by atoms with Crippen LogP contribution in [-0.4, -0.2) is 26.7 Å². The number of anilines is 1. The standard InChI is InChI=1S/C22H23NO6/c1-4-5-14-10-22(25)29-19-12-16(6-8-17(14)19)28-13-21(24)23-18-9-7-15(26-2)11-20(18)27-3/h6-12H,4-5,13H2,1-3H3,(H,23,24). The third-order valence-corrected chi connectivity index (χ3v) is 4.37. The van der Waals surface area contributed by atoms with Crippen LogP contribution in [0, 0.1) is 0 Å². The second-order valence-electron chi connectivity index (χ2n) is 6.40. The van der Waals surface area contributed by atoms with Gasteiger partial charge in [0.15, 0.2) is 6.61 Å². The molecule has 1 N–H and O–H groups in total. The Hall–Kier alpha value is -3.48. The van der Waals surface area contributed by atoms with Gasteiger partial charge in [-0.05, 0) is 36.2 Å². The van der Waals surface area contributed by atoms with Crippen molar-refractivity contribution in [2.75, 3.05) is 26.1 Å². The minimum atomic E-state index is -0.401. The number of ether oxygens (including phenoxy) is 3. The highest BCUT2D eigenvalue weighted by atomic mass is 16.5. The van der Waals surface area contributed by atoms with Crippen LogP contribution in [0.4, 0.5) is 5.69 Å². The highest BCUT2D eigenvalue weighted by Gasteiger charge is 2.11. The SMILES string of the molecule is CCCc1cc(=O)oc2cc(OCC(=O)Nc3ccc(OC)cc3OC)ccc12. The molecule has 3 rings (SSSR count). The Labute approximate surface area is 168 Å². The molecule has 3 aromatic rings. The molecule has 1 heterocycles. The number of rotatable bonds is 8. The van der Waals surface area contributed by atoms with Gasteiger partial charge in [-0.1, -0.05) is 13.3 Å². The molecule has 0 aliphatic rings. The molecule has 0 saturated heterocycles. The van der Waals surface area contributed by atoms with Crippen molar-refractivity contribution in [1.29, 1.82) is 0 Å². The minimum Gasteiger partial charge on any atom is -0.497 e. The molecule has 0 radical (unpaired) electrons. The zero-order valence-electron chi connectivity index (χ0n) is 16.6. The van der Waals surface area contributed by atoms with E-state index in [0.717, 1.165) is 23.8 Å². The van der Waals surface area contributed by atoms with Gasteiger partial charge in [0.25, 0.3) is 5.91 Å². The van der Waals surface area contributed by atoms with Crippen LogP contribution in [-0.2, 0) is 11.2 Å². The van der Waals surface area contributed by atoms with Crippen LogP contribution < -0.4 is 25.2 Å². The summed E-state index contributed by atoms with van der Waals surface area (Å²) in [5.41, 5.74) is 1.49. The molecular formula is C22H23NO6.